The molecule has 0 unspecified atom stereocenters. The molecule has 3 nitrogen and oxygen atoms in total. The van der Waals surface area contributed by atoms with E-state index < -0.39 is 0 Å². The summed E-state index contributed by atoms with van der Waals surface area (Å²) in [5, 5.41) is 3.76. The first-order chi connectivity index (χ1) is 5.43. The van der Waals surface area contributed by atoms with Gasteiger partial charge in [-0.1, -0.05) is 18.3 Å². The number of hydrazone groups is 1. The van der Waals surface area contributed by atoms with E-state index in [9.17, 15) is 0 Å². The van der Waals surface area contributed by atoms with Gasteiger partial charge in [0, 0.05) is 6.20 Å². The second-order valence-electron chi connectivity index (χ2n) is 1.76. The molecule has 0 aliphatic heterocycles. The average Bonchev–Trinajstić information content (AvgIpc) is 2.07. The van der Waals surface area contributed by atoms with E-state index in [2.05, 4.69) is 27.7 Å². The lowest BCUT2D eigenvalue weighted by molar-refractivity contribution is 1.08. The first-order valence-electron chi connectivity index (χ1n) is 3.07. The Kier molecular flexibility index (Phi) is 3.21. The van der Waals surface area contributed by atoms with Crippen LogP contribution < -0.4 is 5.43 Å². The molecule has 1 N–H and O–H groups in total. The Morgan fingerprint density at radius 2 is 2.45 bits per heavy atom. The van der Waals surface area contributed by atoms with Crippen LogP contribution in [0.3, 0.4) is 0 Å². The number of thiocarbonyl (C=S) groups is 1. The van der Waals surface area contributed by atoms with Crippen molar-refractivity contribution in [3.05, 3.63) is 30.1 Å². The highest BCUT2D eigenvalue weighted by Gasteiger charge is 1.82. The van der Waals surface area contributed by atoms with Crippen LogP contribution in [0.1, 0.15) is 5.69 Å². The highest BCUT2D eigenvalue weighted by atomic mass is 32.1. The standard InChI is InChI=1S/C7H7N3S/c11-6-10-9-5-7-3-1-2-4-8-7/h1-6H,(H,10,11). The SMILES string of the molecule is S=CNN=Cc1ccccn1. The second kappa shape index (κ2) is 4.51. The maximum Gasteiger partial charge on any atom is 0.0830 e. The van der Waals surface area contributed by atoms with Crippen LogP contribution in [0.25, 0.3) is 0 Å². The van der Waals surface area contributed by atoms with Crippen LogP contribution in [0, 0.1) is 0 Å². The predicted molar refractivity (Wildman–Crippen MR) is 48.6 cm³/mol. The number of hydrogen-bond acceptors (Lipinski definition) is 3. The Labute approximate surface area is 70.2 Å². The molecule has 1 aromatic rings. The lowest BCUT2D eigenvalue weighted by atomic mass is 10.4. The van der Waals surface area contributed by atoms with Crippen LogP contribution in [0.2, 0.25) is 0 Å². The molecule has 0 saturated carbocycles. The largest absolute Gasteiger partial charge is 0.275 e. The fourth-order valence-electron chi connectivity index (χ4n) is 0.586. The van der Waals surface area contributed by atoms with Crippen molar-refractivity contribution in [2.45, 2.75) is 0 Å². The summed E-state index contributed by atoms with van der Waals surface area (Å²) in [7, 11) is 0. The number of nitrogens with one attached hydrogen (secondary N) is 1. The molecule has 0 aliphatic rings. The average molecular weight is 165 g/mol. The Balaban J connectivity index is 2.57. The van der Waals surface area contributed by atoms with E-state index in [0.29, 0.717) is 0 Å². The molecule has 0 amide bonds. The first kappa shape index (κ1) is 7.81. The van der Waals surface area contributed by atoms with Crippen LogP contribution in [-0.4, -0.2) is 16.7 Å². The van der Waals surface area contributed by atoms with Gasteiger partial charge in [-0.3, -0.25) is 10.4 Å². The van der Waals surface area contributed by atoms with Crippen molar-refractivity contribution in [1.82, 2.24) is 10.4 Å². The zero-order valence-electron chi connectivity index (χ0n) is 5.77. The van der Waals surface area contributed by atoms with E-state index in [1.807, 2.05) is 18.2 Å². The lowest BCUT2D eigenvalue weighted by Crippen LogP contribution is -1.99. The number of rotatable bonds is 3. The number of nitrogens with zero attached hydrogens (tertiary/aromatic N) is 2. The van der Waals surface area contributed by atoms with Crippen LogP contribution in [-0.2, 0) is 0 Å². The van der Waals surface area contributed by atoms with Gasteiger partial charge in [-0.05, 0) is 12.1 Å². The Bertz CT molecular complexity index is 245. The normalized spacial score (nSPS) is 9.82. The summed E-state index contributed by atoms with van der Waals surface area (Å²) in [4.78, 5) is 4.01. The van der Waals surface area contributed by atoms with Gasteiger partial charge >= 0.3 is 0 Å². The van der Waals surface area contributed by atoms with E-state index >= 15 is 0 Å². The van der Waals surface area contributed by atoms with Crippen LogP contribution in [0.15, 0.2) is 29.5 Å². The summed E-state index contributed by atoms with van der Waals surface area (Å²) in [6.45, 7) is 0. The summed E-state index contributed by atoms with van der Waals surface area (Å²) in [6, 6.07) is 5.60. The van der Waals surface area contributed by atoms with Gasteiger partial charge in [0.05, 0.1) is 17.4 Å². The molecular weight excluding hydrogens is 158 g/mol. The van der Waals surface area contributed by atoms with Gasteiger partial charge in [-0.2, -0.15) is 5.10 Å². The molecule has 0 bridgehead atoms. The Morgan fingerprint density at radius 3 is 3.09 bits per heavy atom. The molecule has 0 aliphatic carbocycles. The third-order valence-electron chi connectivity index (χ3n) is 1.01. The molecule has 0 atom stereocenters. The minimum absolute atomic E-state index is 0.803. The highest BCUT2D eigenvalue weighted by molar-refractivity contribution is 7.78. The maximum atomic E-state index is 4.50. The van der Waals surface area contributed by atoms with E-state index in [-0.39, 0.29) is 0 Å². The van der Waals surface area contributed by atoms with Gasteiger partial charge in [-0.25, -0.2) is 0 Å². The van der Waals surface area contributed by atoms with Gasteiger partial charge < -0.3 is 0 Å². The van der Waals surface area contributed by atoms with Crippen LogP contribution in [0.5, 0.6) is 0 Å². The van der Waals surface area contributed by atoms with E-state index in [4.69, 9.17) is 0 Å². The van der Waals surface area contributed by atoms with Crippen molar-refractivity contribution in [2.75, 3.05) is 0 Å². The fourth-order valence-corrected chi connectivity index (χ4v) is 0.647. The molecule has 4 heteroatoms. The summed E-state index contributed by atoms with van der Waals surface area (Å²) >= 11 is 4.50. The summed E-state index contributed by atoms with van der Waals surface area (Å²) in [5.41, 5.74) is 4.65. The molecule has 0 fully saturated rings. The zero-order chi connectivity index (χ0) is 7.94. The smallest absolute Gasteiger partial charge is 0.0830 e. The van der Waals surface area contributed by atoms with Gasteiger partial charge in [-0.15, -0.1) is 0 Å². The van der Waals surface area contributed by atoms with Crippen molar-refractivity contribution in [3.8, 4) is 0 Å². The minimum Gasteiger partial charge on any atom is -0.275 e. The molecule has 0 radical (unpaired) electrons. The van der Waals surface area contributed by atoms with Crippen molar-refractivity contribution in [1.29, 1.82) is 0 Å². The topological polar surface area (TPSA) is 37.3 Å². The van der Waals surface area contributed by atoms with Crippen molar-refractivity contribution in [2.24, 2.45) is 5.10 Å². The molecular formula is C7H7N3S. The molecule has 1 rings (SSSR count). The molecule has 1 aromatic heterocycles. The fraction of sp³-hybridized carbons (Fsp3) is 0. The highest BCUT2D eigenvalue weighted by Crippen LogP contribution is 1.86. The summed E-state index contributed by atoms with van der Waals surface area (Å²) in [6.07, 6.45) is 3.31. The number of pyridine rings is 1. The van der Waals surface area contributed by atoms with Crippen LogP contribution in [0.4, 0.5) is 0 Å². The van der Waals surface area contributed by atoms with E-state index in [1.54, 1.807) is 12.4 Å². The zero-order valence-corrected chi connectivity index (χ0v) is 6.58. The molecule has 1 heterocycles. The molecule has 0 spiro atoms. The maximum absolute atomic E-state index is 4.50. The summed E-state index contributed by atoms with van der Waals surface area (Å²) < 4.78 is 0. The van der Waals surface area contributed by atoms with Crippen molar-refractivity contribution in [3.63, 3.8) is 0 Å². The van der Waals surface area contributed by atoms with Gasteiger partial charge in [0.2, 0.25) is 0 Å². The molecule has 0 aromatic carbocycles. The molecule has 11 heavy (non-hydrogen) atoms. The molecule has 56 valence electrons. The monoisotopic (exact) mass is 165 g/mol. The van der Waals surface area contributed by atoms with Crippen molar-refractivity contribution >= 4 is 23.9 Å². The third kappa shape index (κ3) is 2.86. The van der Waals surface area contributed by atoms with E-state index in [0.717, 1.165) is 5.69 Å². The number of hydrogen-bond donors (Lipinski definition) is 1. The van der Waals surface area contributed by atoms with Crippen molar-refractivity contribution < 1.29 is 0 Å². The second-order valence-corrected chi connectivity index (χ2v) is 2.00. The van der Waals surface area contributed by atoms with Gasteiger partial charge in [0.1, 0.15) is 0 Å². The number of aromatic nitrogens is 1. The quantitative estimate of drug-likeness (QED) is 0.412. The predicted octanol–water partition coefficient (Wildman–Crippen LogP) is 0.962. The van der Waals surface area contributed by atoms with E-state index in [1.165, 1.54) is 5.49 Å². The van der Waals surface area contributed by atoms with Gasteiger partial charge in [0.15, 0.2) is 0 Å². The molecule has 0 saturated heterocycles. The summed E-state index contributed by atoms with van der Waals surface area (Å²) in [5.74, 6) is 0. The first-order valence-corrected chi connectivity index (χ1v) is 3.54. The Hall–Kier alpha value is -1.29. The minimum atomic E-state index is 0.803. The van der Waals surface area contributed by atoms with Crippen LogP contribution >= 0.6 is 12.2 Å². The third-order valence-corrected chi connectivity index (χ3v) is 1.12. The Morgan fingerprint density at radius 1 is 1.55 bits per heavy atom. The lowest BCUT2D eigenvalue weighted by Gasteiger charge is -1.88. The van der Waals surface area contributed by atoms with Gasteiger partial charge in [0.25, 0.3) is 0 Å².